The molecule has 8 nitrogen and oxygen atoms in total. The summed E-state index contributed by atoms with van der Waals surface area (Å²) in [4.78, 5) is 28.0. The summed E-state index contributed by atoms with van der Waals surface area (Å²) in [5, 5.41) is 11.5. The summed E-state index contributed by atoms with van der Waals surface area (Å²) in [5.41, 5.74) is 1.81. The van der Waals surface area contributed by atoms with Crippen molar-refractivity contribution in [2.75, 3.05) is 18.4 Å². The summed E-state index contributed by atoms with van der Waals surface area (Å²) in [6, 6.07) is 14.0. The van der Waals surface area contributed by atoms with E-state index in [-0.39, 0.29) is 17.8 Å². The Morgan fingerprint density at radius 1 is 1.15 bits per heavy atom. The minimum atomic E-state index is -0.264. The number of nitrogens with zero attached hydrogens (tertiary/aromatic N) is 5. The third-order valence-electron chi connectivity index (χ3n) is 5.88. The summed E-state index contributed by atoms with van der Waals surface area (Å²) < 4.78 is 13.1. The van der Waals surface area contributed by atoms with E-state index in [1.54, 1.807) is 12.1 Å². The van der Waals surface area contributed by atoms with Crippen molar-refractivity contribution in [3.8, 4) is 0 Å². The molecule has 2 aromatic heterocycles. The molecule has 0 radical (unpaired) electrons. The maximum Gasteiger partial charge on any atom is 0.224 e. The number of anilines is 1. The molecule has 0 aliphatic carbocycles. The van der Waals surface area contributed by atoms with Crippen LogP contribution in [0, 0.1) is 5.82 Å². The van der Waals surface area contributed by atoms with E-state index in [0.29, 0.717) is 37.6 Å². The summed E-state index contributed by atoms with van der Waals surface area (Å²) >= 11 is 0. The number of amides is 1. The van der Waals surface area contributed by atoms with E-state index in [4.69, 9.17) is 0 Å². The van der Waals surface area contributed by atoms with Gasteiger partial charge in [-0.3, -0.25) is 9.89 Å². The molecule has 5 rings (SSSR count). The van der Waals surface area contributed by atoms with Crippen molar-refractivity contribution in [1.82, 2.24) is 30.0 Å². The van der Waals surface area contributed by atoms with Crippen LogP contribution >= 0.6 is 0 Å². The fourth-order valence-corrected chi connectivity index (χ4v) is 4.24. The van der Waals surface area contributed by atoms with Crippen LogP contribution in [0.1, 0.15) is 42.5 Å². The Morgan fingerprint density at radius 2 is 2.00 bits per heavy atom. The Morgan fingerprint density at radius 3 is 2.88 bits per heavy atom. The predicted octanol–water partition coefficient (Wildman–Crippen LogP) is 3.64. The van der Waals surface area contributed by atoms with Gasteiger partial charge in [-0.05, 0) is 42.7 Å². The minimum Gasteiger partial charge on any atom is -0.369 e. The Bertz CT molecular complexity index is 1250. The van der Waals surface area contributed by atoms with Crippen LogP contribution in [-0.2, 0) is 11.2 Å². The quantitative estimate of drug-likeness (QED) is 0.451. The fraction of sp³-hybridized carbons (Fsp3) is 0.292. The third-order valence-corrected chi connectivity index (χ3v) is 5.88. The lowest BCUT2D eigenvalue weighted by molar-refractivity contribution is -0.132. The number of nitrogens with one attached hydrogen (secondary N) is 2. The average Bonchev–Trinajstić information content (AvgIpc) is 3.50. The zero-order valence-electron chi connectivity index (χ0n) is 18.0. The van der Waals surface area contributed by atoms with Gasteiger partial charge in [0.15, 0.2) is 5.82 Å². The molecule has 0 spiro atoms. The van der Waals surface area contributed by atoms with Crippen molar-refractivity contribution in [2.24, 2.45) is 0 Å². The third kappa shape index (κ3) is 4.67. The summed E-state index contributed by atoms with van der Waals surface area (Å²) in [5.74, 6) is 1.86. The number of H-pyrrole nitrogens is 1. The molecule has 168 valence electrons. The first-order chi connectivity index (χ1) is 16.2. The van der Waals surface area contributed by atoms with Gasteiger partial charge >= 0.3 is 0 Å². The van der Waals surface area contributed by atoms with Crippen LogP contribution in [-0.4, -0.2) is 49.0 Å². The van der Waals surface area contributed by atoms with Crippen molar-refractivity contribution < 1.29 is 9.18 Å². The van der Waals surface area contributed by atoms with Crippen molar-refractivity contribution in [3.63, 3.8) is 0 Å². The van der Waals surface area contributed by atoms with Crippen LogP contribution in [0.2, 0.25) is 0 Å². The molecule has 1 aliphatic heterocycles. The first-order valence-electron chi connectivity index (χ1n) is 11.1. The molecule has 0 unspecified atom stereocenters. The summed E-state index contributed by atoms with van der Waals surface area (Å²) in [7, 11) is 0. The zero-order valence-corrected chi connectivity index (χ0v) is 18.0. The van der Waals surface area contributed by atoms with E-state index in [0.717, 1.165) is 35.1 Å². The maximum atomic E-state index is 13.1. The standard InChI is InChI=1S/C24H24FN7O/c25-17-9-7-16(8-10-17)14-21-29-24(31-30-21)20-6-3-13-32(20)22(33)11-12-26-23-18-4-1-2-5-19(18)27-15-28-23/h1-2,4-5,7-10,15,20H,3,6,11-14H2,(H,26,27,28)(H,29,30,31)/t20-/m0/s1. The van der Waals surface area contributed by atoms with E-state index in [9.17, 15) is 9.18 Å². The number of carbonyl (C=O) groups excluding carboxylic acids is 1. The van der Waals surface area contributed by atoms with Gasteiger partial charge in [0.1, 0.15) is 23.8 Å². The second-order valence-corrected chi connectivity index (χ2v) is 8.10. The van der Waals surface area contributed by atoms with Gasteiger partial charge in [0.25, 0.3) is 0 Å². The number of hydrogen-bond donors (Lipinski definition) is 2. The van der Waals surface area contributed by atoms with Crippen LogP contribution in [0.5, 0.6) is 0 Å². The maximum absolute atomic E-state index is 13.1. The molecule has 2 N–H and O–H groups in total. The van der Waals surface area contributed by atoms with Gasteiger partial charge in [-0.2, -0.15) is 5.10 Å². The predicted molar refractivity (Wildman–Crippen MR) is 122 cm³/mol. The van der Waals surface area contributed by atoms with Crippen molar-refractivity contribution >= 4 is 22.6 Å². The number of likely N-dealkylation sites (tertiary alicyclic amines) is 1. The molecule has 2 aromatic carbocycles. The number of halogens is 1. The number of carbonyl (C=O) groups is 1. The SMILES string of the molecule is O=C(CCNc1ncnc2ccccc12)N1CCC[C@H]1c1n[nH]c(Cc2ccc(F)cc2)n1. The highest BCUT2D eigenvalue weighted by Gasteiger charge is 2.32. The second kappa shape index (κ2) is 9.32. The Kier molecular flexibility index (Phi) is 5.93. The monoisotopic (exact) mass is 445 g/mol. The number of para-hydroxylation sites is 1. The molecular weight excluding hydrogens is 421 g/mol. The van der Waals surface area contributed by atoms with Crippen LogP contribution in [0.3, 0.4) is 0 Å². The Hall–Kier alpha value is -3.88. The minimum absolute atomic E-state index is 0.0632. The second-order valence-electron chi connectivity index (χ2n) is 8.10. The fourth-order valence-electron chi connectivity index (χ4n) is 4.24. The van der Waals surface area contributed by atoms with Gasteiger partial charge in [0, 0.05) is 31.3 Å². The van der Waals surface area contributed by atoms with Gasteiger partial charge in [0.2, 0.25) is 5.91 Å². The normalized spacial score (nSPS) is 15.8. The van der Waals surface area contributed by atoms with Gasteiger partial charge < -0.3 is 10.2 Å². The molecule has 0 bridgehead atoms. The van der Waals surface area contributed by atoms with E-state index in [1.807, 2.05) is 29.2 Å². The molecular formula is C24H24FN7O. The molecule has 1 saturated heterocycles. The molecule has 4 aromatic rings. The lowest BCUT2D eigenvalue weighted by Crippen LogP contribution is -2.32. The topological polar surface area (TPSA) is 99.7 Å². The number of aromatic nitrogens is 5. The van der Waals surface area contributed by atoms with Gasteiger partial charge in [-0.15, -0.1) is 0 Å². The number of hydrogen-bond acceptors (Lipinski definition) is 6. The van der Waals surface area contributed by atoms with Gasteiger partial charge in [-0.1, -0.05) is 24.3 Å². The molecule has 1 atom stereocenters. The molecule has 0 saturated carbocycles. The first-order valence-corrected chi connectivity index (χ1v) is 11.1. The van der Waals surface area contributed by atoms with Crippen molar-refractivity contribution in [3.05, 3.63) is 77.9 Å². The van der Waals surface area contributed by atoms with Crippen LogP contribution in [0.15, 0.2) is 54.9 Å². The number of benzene rings is 2. The number of rotatable bonds is 7. The largest absolute Gasteiger partial charge is 0.369 e. The van der Waals surface area contributed by atoms with Crippen molar-refractivity contribution in [2.45, 2.75) is 31.7 Å². The zero-order chi connectivity index (χ0) is 22.6. The lowest BCUT2D eigenvalue weighted by atomic mass is 10.1. The van der Waals surface area contributed by atoms with E-state index in [1.165, 1.54) is 18.5 Å². The molecule has 9 heteroatoms. The van der Waals surface area contributed by atoms with Gasteiger partial charge in [-0.25, -0.2) is 19.3 Å². The molecule has 33 heavy (non-hydrogen) atoms. The highest BCUT2D eigenvalue weighted by atomic mass is 19.1. The lowest BCUT2D eigenvalue weighted by Gasteiger charge is -2.22. The van der Waals surface area contributed by atoms with E-state index < -0.39 is 0 Å². The highest BCUT2D eigenvalue weighted by molar-refractivity contribution is 5.88. The molecule has 3 heterocycles. The van der Waals surface area contributed by atoms with Crippen LogP contribution < -0.4 is 5.32 Å². The van der Waals surface area contributed by atoms with E-state index >= 15 is 0 Å². The molecule has 1 amide bonds. The smallest absolute Gasteiger partial charge is 0.224 e. The molecule has 1 aliphatic rings. The van der Waals surface area contributed by atoms with Crippen LogP contribution in [0.25, 0.3) is 10.9 Å². The van der Waals surface area contributed by atoms with Gasteiger partial charge in [0.05, 0.1) is 11.6 Å². The number of fused-ring (bicyclic) bond motifs is 1. The Labute approximate surface area is 190 Å². The Balaban J connectivity index is 1.20. The van der Waals surface area contributed by atoms with Crippen molar-refractivity contribution in [1.29, 1.82) is 0 Å². The highest BCUT2D eigenvalue weighted by Crippen LogP contribution is 2.30. The molecule has 1 fully saturated rings. The first kappa shape index (κ1) is 21.0. The van der Waals surface area contributed by atoms with E-state index in [2.05, 4.69) is 30.5 Å². The summed E-state index contributed by atoms with van der Waals surface area (Å²) in [6.45, 7) is 1.18. The van der Waals surface area contributed by atoms with Crippen LogP contribution in [0.4, 0.5) is 10.2 Å². The average molecular weight is 446 g/mol. The number of aromatic amines is 1. The summed E-state index contributed by atoms with van der Waals surface area (Å²) in [6.07, 6.45) is 4.16.